The van der Waals surface area contributed by atoms with E-state index < -0.39 is 15.9 Å². The number of benzene rings is 1. The summed E-state index contributed by atoms with van der Waals surface area (Å²) in [7, 11) is -4.26. The third-order valence-electron chi connectivity index (χ3n) is 1.69. The van der Waals surface area contributed by atoms with Crippen LogP contribution >= 0.6 is 23.2 Å². The standard InChI is InChI=1S/C7H6Cl2O3S.C2H3N3/c8-6-2-1-5(3-7(6)9)4-13(10,11)12;1-3-2-5-4-1/h1-3H,4H2,(H,10,11,12);1-2H,(H,3,4,5). The van der Waals surface area contributed by atoms with Crippen LogP contribution in [0.2, 0.25) is 10.0 Å². The first-order valence-electron chi connectivity index (χ1n) is 4.61. The van der Waals surface area contributed by atoms with Gasteiger partial charge in [-0.2, -0.15) is 0 Å². The molecule has 2 aromatic rings. The summed E-state index contributed by atoms with van der Waals surface area (Å²) in [6.45, 7) is 0. The number of hydrogen-bond donors (Lipinski definition) is 1. The van der Waals surface area contributed by atoms with Gasteiger partial charge in [-0.1, -0.05) is 29.3 Å². The van der Waals surface area contributed by atoms with Gasteiger partial charge in [0.1, 0.15) is 0 Å². The molecule has 2 N–H and O–H groups in total. The van der Waals surface area contributed by atoms with E-state index in [0.717, 1.165) is 0 Å². The Hall–Kier alpha value is -1.15. The fourth-order valence-corrected chi connectivity index (χ4v) is 1.93. The Bertz CT molecular complexity index is 570. The van der Waals surface area contributed by atoms with Gasteiger partial charge in [0.2, 0.25) is 6.33 Å². The van der Waals surface area contributed by atoms with Crippen LogP contribution in [0.5, 0.6) is 0 Å². The van der Waals surface area contributed by atoms with E-state index in [0.29, 0.717) is 10.6 Å². The highest BCUT2D eigenvalue weighted by molar-refractivity contribution is 7.84. The Morgan fingerprint density at radius 2 is 2.06 bits per heavy atom. The Kier molecular flexibility index (Phi) is 5.54. The molecule has 0 saturated carbocycles. The summed E-state index contributed by atoms with van der Waals surface area (Å²) in [4.78, 5) is 2.69. The van der Waals surface area contributed by atoms with Gasteiger partial charge in [-0.25, -0.2) is 8.42 Å². The molecule has 6 nitrogen and oxygen atoms in total. The van der Waals surface area contributed by atoms with Crippen molar-refractivity contribution in [2.75, 3.05) is 0 Å². The molecule has 0 aliphatic rings. The van der Waals surface area contributed by atoms with Gasteiger partial charge in [0.05, 0.1) is 25.9 Å². The van der Waals surface area contributed by atoms with Crippen LogP contribution in [-0.2, 0) is 15.9 Å². The predicted molar refractivity (Wildman–Crippen MR) is 65.0 cm³/mol. The second kappa shape index (κ2) is 6.69. The van der Waals surface area contributed by atoms with Gasteiger partial charge < -0.3 is 4.55 Å². The summed E-state index contributed by atoms with van der Waals surface area (Å²) < 4.78 is 31.1. The monoisotopic (exact) mass is 309 g/mol. The third kappa shape index (κ3) is 5.97. The molecule has 0 aliphatic carbocycles. The van der Waals surface area contributed by atoms with Gasteiger partial charge in [0.15, 0.2) is 0 Å². The van der Waals surface area contributed by atoms with E-state index in [4.69, 9.17) is 23.2 Å². The highest BCUT2D eigenvalue weighted by Gasteiger charge is 2.02. The number of nitrogens with zero attached hydrogens (tertiary/aromatic N) is 1. The minimum absolute atomic E-state index is 0.239. The number of H-pyrrole nitrogens is 2. The van der Waals surface area contributed by atoms with Crippen molar-refractivity contribution in [2.45, 2.75) is 5.75 Å². The molecule has 0 spiro atoms. The zero-order valence-electron chi connectivity index (χ0n) is 8.93. The molecule has 0 saturated heterocycles. The molecule has 0 atom stereocenters. The molecular weight excluding hydrogens is 301 g/mol. The molecule has 18 heavy (non-hydrogen) atoms. The van der Waals surface area contributed by atoms with E-state index in [-0.39, 0.29) is 5.02 Å². The summed E-state index contributed by atoms with van der Waals surface area (Å²) >= 11 is 11.2. The molecule has 0 fully saturated rings. The summed E-state index contributed by atoms with van der Waals surface area (Å²) in [5.74, 6) is -0.566. The average Bonchev–Trinajstić information content (AvgIpc) is 2.79. The highest BCUT2D eigenvalue weighted by atomic mass is 35.5. The normalized spacial score (nSPS) is 10.6. The molecule has 0 radical (unpaired) electrons. The van der Waals surface area contributed by atoms with Crippen molar-refractivity contribution in [3.05, 3.63) is 46.5 Å². The molecule has 0 amide bonds. The van der Waals surface area contributed by atoms with Crippen LogP contribution < -0.4 is 4.98 Å². The smallest absolute Gasteiger partial charge is 0.262 e. The number of halogens is 2. The van der Waals surface area contributed by atoms with Gasteiger partial charge in [-0.3, -0.25) is 4.98 Å². The van der Waals surface area contributed by atoms with Crippen LogP contribution in [0.4, 0.5) is 0 Å². The number of aromatic amines is 2. The summed E-state index contributed by atoms with van der Waals surface area (Å²) in [5.41, 5.74) is 0.337. The first-order valence-corrected chi connectivity index (χ1v) is 6.94. The number of nitrogens with one attached hydrogen (secondary N) is 2. The maximum Gasteiger partial charge on any atom is 0.262 e. The van der Waals surface area contributed by atoms with Crippen molar-refractivity contribution in [2.24, 2.45) is 0 Å². The zero-order chi connectivity index (χ0) is 13.6. The Morgan fingerprint density at radius 1 is 1.33 bits per heavy atom. The number of rotatable bonds is 2. The number of hydrogen-bond acceptors (Lipinski definition) is 4. The van der Waals surface area contributed by atoms with Crippen molar-refractivity contribution in [3.8, 4) is 0 Å². The van der Waals surface area contributed by atoms with Gasteiger partial charge in [0, 0.05) is 5.10 Å². The Balaban J connectivity index is 0.000000269. The van der Waals surface area contributed by atoms with E-state index in [9.17, 15) is 13.0 Å². The maximum absolute atomic E-state index is 10.4. The summed E-state index contributed by atoms with van der Waals surface area (Å²) in [5, 5.41) is 6.66. The predicted octanol–water partition coefficient (Wildman–Crippen LogP) is 1.26. The molecule has 0 aliphatic heterocycles. The zero-order valence-corrected chi connectivity index (χ0v) is 11.3. The first kappa shape index (κ1) is 14.9. The minimum atomic E-state index is -4.26. The van der Waals surface area contributed by atoms with Crippen molar-refractivity contribution in [3.63, 3.8) is 0 Å². The molecular formula is C9H9Cl2N3O3S. The SMILES string of the molecule is O=S(=O)([O-])Cc1ccc(Cl)c(Cl)c1.c1n[nH]c[nH+]1. The first-order chi connectivity index (χ1) is 8.38. The number of aromatic nitrogens is 3. The van der Waals surface area contributed by atoms with E-state index in [1.165, 1.54) is 18.2 Å². The fourth-order valence-electron chi connectivity index (χ4n) is 1.02. The van der Waals surface area contributed by atoms with Crippen LogP contribution in [0.3, 0.4) is 0 Å². The van der Waals surface area contributed by atoms with Crippen LogP contribution in [0, 0.1) is 0 Å². The van der Waals surface area contributed by atoms with Crippen LogP contribution in [0.1, 0.15) is 5.56 Å². The van der Waals surface area contributed by atoms with E-state index in [1.54, 1.807) is 12.7 Å². The quantitative estimate of drug-likeness (QED) is 0.844. The Morgan fingerprint density at radius 3 is 2.44 bits per heavy atom. The third-order valence-corrected chi connectivity index (χ3v) is 3.11. The van der Waals surface area contributed by atoms with E-state index >= 15 is 0 Å². The van der Waals surface area contributed by atoms with E-state index in [1.807, 2.05) is 0 Å². The van der Waals surface area contributed by atoms with E-state index in [2.05, 4.69) is 15.2 Å². The van der Waals surface area contributed by atoms with Gasteiger partial charge >= 0.3 is 0 Å². The average molecular weight is 310 g/mol. The Labute approximate surface area is 114 Å². The second-order valence-corrected chi connectivity index (χ2v) is 5.37. The van der Waals surface area contributed by atoms with Gasteiger partial charge in [0.25, 0.3) is 6.33 Å². The molecule has 1 aromatic heterocycles. The molecule has 0 bridgehead atoms. The lowest BCUT2D eigenvalue weighted by atomic mass is 10.2. The minimum Gasteiger partial charge on any atom is -0.748 e. The molecule has 0 unspecified atom stereocenters. The maximum atomic E-state index is 10.4. The molecule has 1 heterocycles. The summed E-state index contributed by atoms with van der Waals surface area (Å²) in [6.07, 6.45) is 3.21. The lowest BCUT2D eigenvalue weighted by molar-refractivity contribution is -0.377. The second-order valence-electron chi connectivity index (χ2n) is 3.15. The summed E-state index contributed by atoms with van der Waals surface area (Å²) in [6, 6.07) is 4.26. The fraction of sp³-hybridized carbons (Fsp3) is 0.111. The molecule has 9 heteroatoms. The van der Waals surface area contributed by atoms with Gasteiger partial charge in [-0.05, 0) is 17.7 Å². The lowest BCUT2D eigenvalue weighted by Gasteiger charge is -2.06. The molecule has 2 rings (SSSR count). The highest BCUT2D eigenvalue weighted by Crippen LogP contribution is 2.23. The van der Waals surface area contributed by atoms with Crippen molar-refractivity contribution < 1.29 is 18.0 Å². The van der Waals surface area contributed by atoms with Crippen LogP contribution in [0.25, 0.3) is 0 Å². The largest absolute Gasteiger partial charge is 0.748 e. The van der Waals surface area contributed by atoms with Crippen molar-refractivity contribution in [1.29, 1.82) is 0 Å². The van der Waals surface area contributed by atoms with Crippen molar-refractivity contribution in [1.82, 2.24) is 10.2 Å². The molecule has 1 aromatic carbocycles. The molecule has 98 valence electrons. The van der Waals surface area contributed by atoms with Crippen LogP contribution in [0.15, 0.2) is 30.9 Å². The lowest BCUT2D eigenvalue weighted by Crippen LogP contribution is -2.01. The van der Waals surface area contributed by atoms with Crippen LogP contribution in [-0.4, -0.2) is 23.2 Å². The van der Waals surface area contributed by atoms with Crippen molar-refractivity contribution >= 4 is 33.3 Å². The van der Waals surface area contributed by atoms with Gasteiger partial charge in [-0.15, -0.1) is 5.10 Å². The topological polar surface area (TPSA) is 100 Å².